The summed E-state index contributed by atoms with van der Waals surface area (Å²) in [4.78, 5) is 11.8. The lowest BCUT2D eigenvalue weighted by molar-refractivity contribution is 0.509. The fourth-order valence-electron chi connectivity index (χ4n) is 3.71. The number of benzene rings is 1. The number of thiophene rings is 1. The standard InChI is InChI=1S/C21H21N5OS2/c1-11-8-9-14-15(10-11)29-20-16(14)17(22)23-21(24-20)28-12(2)18-25-26-19(27-18)13-6-4-3-5-7-13/h3-7,11-12H,8-10H2,1-2H3,(H2,22,23,24)/t11-,12-/m1/s1. The van der Waals surface area contributed by atoms with Crippen molar-refractivity contribution >= 4 is 39.1 Å². The molecule has 0 aliphatic heterocycles. The molecule has 0 unspecified atom stereocenters. The molecule has 0 saturated heterocycles. The van der Waals surface area contributed by atoms with E-state index in [1.165, 1.54) is 28.6 Å². The van der Waals surface area contributed by atoms with Crippen LogP contribution >= 0.6 is 23.1 Å². The first-order chi connectivity index (χ1) is 14.1. The van der Waals surface area contributed by atoms with E-state index in [-0.39, 0.29) is 5.25 Å². The third kappa shape index (κ3) is 3.51. The zero-order valence-electron chi connectivity index (χ0n) is 16.3. The van der Waals surface area contributed by atoms with Crippen LogP contribution in [-0.4, -0.2) is 20.2 Å². The zero-order valence-corrected chi connectivity index (χ0v) is 17.9. The van der Waals surface area contributed by atoms with Gasteiger partial charge in [-0.15, -0.1) is 21.5 Å². The van der Waals surface area contributed by atoms with E-state index in [0.29, 0.717) is 22.8 Å². The van der Waals surface area contributed by atoms with E-state index >= 15 is 0 Å². The number of hydrogen-bond acceptors (Lipinski definition) is 8. The van der Waals surface area contributed by atoms with Gasteiger partial charge in [-0.2, -0.15) is 0 Å². The van der Waals surface area contributed by atoms with Gasteiger partial charge >= 0.3 is 0 Å². The second kappa shape index (κ2) is 7.42. The minimum absolute atomic E-state index is 0.0774. The van der Waals surface area contributed by atoms with Crippen LogP contribution < -0.4 is 5.73 Å². The van der Waals surface area contributed by atoms with Gasteiger partial charge in [0.1, 0.15) is 10.6 Å². The van der Waals surface area contributed by atoms with Gasteiger partial charge in [0, 0.05) is 10.4 Å². The molecule has 148 valence electrons. The third-order valence-electron chi connectivity index (χ3n) is 5.25. The summed E-state index contributed by atoms with van der Waals surface area (Å²) in [5.41, 5.74) is 8.61. The molecule has 5 rings (SSSR count). The first-order valence-corrected chi connectivity index (χ1v) is 11.4. The summed E-state index contributed by atoms with van der Waals surface area (Å²) in [6.45, 7) is 4.32. The molecule has 8 heteroatoms. The number of thioether (sulfide) groups is 1. The highest BCUT2D eigenvalue weighted by Gasteiger charge is 2.24. The lowest BCUT2D eigenvalue weighted by Crippen LogP contribution is -2.09. The van der Waals surface area contributed by atoms with Crippen molar-refractivity contribution in [2.75, 3.05) is 5.73 Å². The maximum Gasteiger partial charge on any atom is 0.247 e. The van der Waals surface area contributed by atoms with Crippen LogP contribution in [0.3, 0.4) is 0 Å². The van der Waals surface area contributed by atoms with Gasteiger partial charge in [-0.1, -0.05) is 36.9 Å². The Labute approximate surface area is 177 Å². The molecule has 1 aliphatic carbocycles. The quantitative estimate of drug-likeness (QED) is 0.352. The van der Waals surface area contributed by atoms with E-state index < -0.39 is 0 Å². The van der Waals surface area contributed by atoms with Crippen LogP contribution in [0.25, 0.3) is 21.7 Å². The molecule has 0 fully saturated rings. The Morgan fingerprint density at radius 1 is 1.21 bits per heavy atom. The highest BCUT2D eigenvalue weighted by atomic mass is 32.2. The van der Waals surface area contributed by atoms with Gasteiger partial charge < -0.3 is 10.2 Å². The normalized spacial score (nSPS) is 17.4. The Morgan fingerprint density at radius 3 is 2.86 bits per heavy atom. The molecule has 3 aromatic heterocycles. The van der Waals surface area contributed by atoms with Gasteiger partial charge in [0.2, 0.25) is 11.8 Å². The minimum Gasteiger partial charge on any atom is -0.419 e. The summed E-state index contributed by atoms with van der Waals surface area (Å²) in [5.74, 6) is 2.36. The first kappa shape index (κ1) is 18.6. The van der Waals surface area contributed by atoms with Gasteiger partial charge in [0.25, 0.3) is 0 Å². The lowest BCUT2D eigenvalue weighted by Gasteiger charge is -2.17. The zero-order chi connectivity index (χ0) is 20.0. The molecule has 2 atom stereocenters. The molecule has 29 heavy (non-hydrogen) atoms. The van der Waals surface area contributed by atoms with Crippen molar-refractivity contribution < 1.29 is 4.42 Å². The second-order valence-electron chi connectivity index (χ2n) is 7.49. The van der Waals surface area contributed by atoms with Gasteiger partial charge in [0.05, 0.1) is 10.6 Å². The van der Waals surface area contributed by atoms with Gasteiger partial charge in [0.15, 0.2) is 5.16 Å². The summed E-state index contributed by atoms with van der Waals surface area (Å²) in [6.07, 6.45) is 3.38. The van der Waals surface area contributed by atoms with Crippen LogP contribution in [-0.2, 0) is 12.8 Å². The number of aromatic nitrogens is 4. The van der Waals surface area contributed by atoms with E-state index in [1.807, 2.05) is 37.3 Å². The highest BCUT2D eigenvalue weighted by molar-refractivity contribution is 7.99. The molecule has 0 bridgehead atoms. The fourth-order valence-corrected chi connectivity index (χ4v) is 5.96. The number of nitrogens with zero attached hydrogens (tertiary/aromatic N) is 4. The molecule has 3 heterocycles. The second-order valence-corrected chi connectivity index (χ2v) is 9.89. The Morgan fingerprint density at radius 2 is 2.03 bits per heavy atom. The van der Waals surface area contributed by atoms with Crippen molar-refractivity contribution in [1.82, 2.24) is 20.2 Å². The largest absolute Gasteiger partial charge is 0.419 e. The number of nitrogens with two attached hydrogens (primary N) is 1. The minimum atomic E-state index is -0.0774. The summed E-state index contributed by atoms with van der Waals surface area (Å²) in [6, 6.07) is 9.76. The van der Waals surface area contributed by atoms with Gasteiger partial charge in [-0.25, -0.2) is 9.97 Å². The van der Waals surface area contributed by atoms with Gasteiger partial charge in [-0.05, 0) is 49.8 Å². The van der Waals surface area contributed by atoms with Crippen molar-refractivity contribution in [2.45, 2.75) is 43.5 Å². The fraction of sp³-hybridized carbons (Fsp3) is 0.333. The number of fused-ring (bicyclic) bond motifs is 3. The number of nitrogen functional groups attached to an aromatic ring is 1. The number of hydrogen-bond donors (Lipinski definition) is 1. The van der Waals surface area contributed by atoms with Crippen LogP contribution in [0, 0.1) is 5.92 Å². The predicted octanol–water partition coefficient (Wildman–Crippen LogP) is 5.30. The van der Waals surface area contributed by atoms with Crippen LogP contribution in [0.1, 0.15) is 41.8 Å². The van der Waals surface area contributed by atoms with Crippen molar-refractivity contribution in [3.05, 3.63) is 46.7 Å². The van der Waals surface area contributed by atoms with Crippen LogP contribution in [0.2, 0.25) is 0 Å². The van der Waals surface area contributed by atoms with Crippen molar-refractivity contribution in [2.24, 2.45) is 5.92 Å². The molecule has 0 radical (unpaired) electrons. The molecular formula is C21H21N5OS2. The summed E-state index contributed by atoms with van der Waals surface area (Å²) >= 11 is 3.25. The molecule has 0 saturated carbocycles. The Kier molecular flexibility index (Phi) is 4.75. The smallest absolute Gasteiger partial charge is 0.247 e. The summed E-state index contributed by atoms with van der Waals surface area (Å²) in [7, 11) is 0. The monoisotopic (exact) mass is 423 g/mol. The molecule has 0 amide bonds. The van der Waals surface area contributed by atoms with Crippen molar-refractivity contribution in [3.8, 4) is 11.5 Å². The Hall–Kier alpha value is -2.45. The Balaban J connectivity index is 1.41. The highest BCUT2D eigenvalue weighted by Crippen LogP contribution is 2.41. The molecule has 6 nitrogen and oxygen atoms in total. The van der Waals surface area contributed by atoms with Crippen molar-refractivity contribution in [1.29, 1.82) is 0 Å². The average molecular weight is 424 g/mol. The average Bonchev–Trinajstić information content (AvgIpc) is 3.33. The lowest BCUT2D eigenvalue weighted by atomic mass is 9.89. The number of aryl methyl sites for hydroxylation is 1. The first-order valence-electron chi connectivity index (χ1n) is 9.71. The maximum absolute atomic E-state index is 6.35. The van der Waals surface area contributed by atoms with Crippen LogP contribution in [0.5, 0.6) is 0 Å². The van der Waals surface area contributed by atoms with E-state index in [4.69, 9.17) is 15.1 Å². The van der Waals surface area contributed by atoms with Gasteiger partial charge in [-0.3, -0.25) is 0 Å². The summed E-state index contributed by atoms with van der Waals surface area (Å²) in [5, 5.41) is 10.0. The molecule has 0 spiro atoms. The maximum atomic E-state index is 6.35. The third-order valence-corrected chi connectivity index (χ3v) is 7.35. The molecule has 1 aliphatic rings. The molecular weight excluding hydrogens is 402 g/mol. The number of rotatable bonds is 4. The molecule has 2 N–H and O–H groups in total. The Bertz CT molecular complexity index is 1170. The van der Waals surface area contributed by atoms with Crippen molar-refractivity contribution in [3.63, 3.8) is 0 Å². The molecule has 4 aromatic rings. The van der Waals surface area contributed by atoms with E-state index in [9.17, 15) is 0 Å². The molecule has 1 aromatic carbocycles. The summed E-state index contributed by atoms with van der Waals surface area (Å²) < 4.78 is 5.87. The van der Waals surface area contributed by atoms with E-state index in [0.717, 1.165) is 34.5 Å². The number of anilines is 1. The SMILES string of the molecule is C[C@@H]1CCc2c(sc3nc(S[C@H](C)c4nnc(-c5ccccc5)o4)nc(N)c23)C1. The van der Waals surface area contributed by atoms with Crippen LogP contribution in [0.15, 0.2) is 39.9 Å². The predicted molar refractivity (Wildman–Crippen MR) is 117 cm³/mol. The van der Waals surface area contributed by atoms with E-state index in [2.05, 4.69) is 22.1 Å². The van der Waals surface area contributed by atoms with E-state index in [1.54, 1.807) is 11.3 Å². The topological polar surface area (TPSA) is 90.7 Å². The van der Waals surface area contributed by atoms with Crippen LogP contribution in [0.4, 0.5) is 5.82 Å².